The van der Waals surface area contributed by atoms with Crippen LogP contribution >= 0.6 is 11.3 Å². The van der Waals surface area contributed by atoms with Crippen molar-refractivity contribution in [3.05, 3.63) is 40.9 Å². The van der Waals surface area contributed by atoms with Gasteiger partial charge in [0.25, 0.3) is 5.91 Å². The van der Waals surface area contributed by atoms with E-state index in [0.29, 0.717) is 11.6 Å². The van der Waals surface area contributed by atoms with E-state index in [-0.39, 0.29) is 5.91 Å². The number of aromatic nitrogens is 3. The fourth-order valence-corrected chi connectivity index (χ4v) is 3.24. The SMILES string of the molecule is O=C(c1cnccn1)N1CCC(Cc2nccs2)CC1. The molecule has 2 aromatic heterocycles. The number of carbonyl (C=O) groups is 1. The van der Waals surface area contributed by atoms with Gasteiger partial charge in [0.1, 0.15) is 5.69 Å². The highest BCUT2D eigenvalue weighted by molar-refractivity contribution is 7.09. The Morgan fingerprint density at radius 1 is 1.25 bits per heavy atom. The van der Waals surface area contributed by atoms with Gasteiger partial charge in [-0.25, -0.2) is 9.97 Å². The van der Waals surface area contributed by atoms with Crippen LogP contribution in [0.4, 0.5) is 0 Å². The van der Waals surface area contributed by atoms with Crippen LogP contribution in [-0.2, 0) is 6.42 Å². The Morgan fingerprint density at radius 3 is 2.75 bits per heavy atom. The summed E-state index contributed by atoms with van der Waals surface area (Å²) in [4.78, 5) is 26.5. The van der Waals surface area contributed by atoms with E-state index in [0.717, 1.165) is 32.4 Å². The van der Waals surface area contributed by atoms with Crippen LogP contribution in [0, 0.1) is 5.92 Å². The number of amides is 1. The highest BCUT2D eigenvalue weighted by Gasteiger charge is 2.24. The van der Waals surface area contributed by atoms with Crippen LogP contribution in [0.3, 0.4) is 0 Å². The maximum atomic E-state index is 12.2. The third-order valence-corrected chi connectivity index (χ3v) is 4.43. The smallest absolute Gasteiger partial charge is 0.274 e. The van der Waals surface area contributed by atoms with Gasteiger partial charge in [0.15, 0.2) is 0 Å². The predicted octanol–water partition coefficient (Wildman–Crippen LogP) is 2.03. The van der Waals surface area contributed by atoms with E-state index in [1.807, 2.05) is 16.5 Å². The molecule has 1 amide bonds. The van der Waals surface area contributed by atoms with Crippen molar-refractivity contribution in [1.82, 2.24) is 19.9 Å². The second-order valence-corrected chi connectivity index (χ2v) is 5.94. The minimum Gasteiger partial charge on any atom is -0.337 e. The third-order valence-electron chi connectivity index (χ3n) is 3.63. The van der Waals surface area contributed by atoms with Gasteiger partial charge in [0, 0.05) is 43.5 Å². The van der Waals surface area contributed by atoms with Crippen LogP contribution in [0.1, 0.15) is 28.3 Å². The average Bonchev–Trinajstić information content (AvgIpc) is 3.01. The van der Waals surface area contributed by atoms with Crippen molar-refractivity contribution in [2.24, 2.45) is 5.92 Å². The summed E-state index contributed by atoms with van der Waals surface area (Å²) < 4.78 is 0. The first-order valence-corrected chi connectivity index (χ1v) is 7.64. The van der Waals surface area contributed by atoms with Crippen LogP contribution in [0.2, 0.25) is 0 Å². The van der Waals surface area contributed by atoms with Gasteiger partial charge in [-0.15, -0.1) is 11.3 Å². The van der Waals surface area contributed by atoms with E-state index in [1.54, 1.807) is 23.7 Å². The molecule has 0 radical (unpaired) electrons. The second kappa shape index (κ2) is 6.09. The Kier molecular flexibility index (Phi) is 4.01. The Labute approximate surface area is 121 Å². The molecule has 3 heterocycles. The lowest BCUT2D eigenvalue weighted by Gasteiger charge is -2.31. The third kappa shape index (κ3) is 3.01. The number of hydrogen-bond acceptors (Lipinski definition) is 5. The zero-order valence-corrected chi connectivity index (χ0v) is 11.9. The van der Waals surface area contributed by atoms with Gasteiger partial charge in [0.2, 0.25) is 0 Å². The van der Waals surface area contributed by atoms with Gasteiger partial charge in [0.05, 0.1) is 11.2 Å². The molecular weight excluding hydrogens is 272 g/mol. The van der Waals surface area contributed by atoms with E-state index in [4.69, 9.17) is 0 Å². The van der Waals surface area contributed by atoms with E-state index in [2.05, 4.69) is 15.0 Å². The van der Waals surface area contributed by atoms with Crippen molar-refractivity contribution in [2.45, 2.75) is 19.3 Å². The molecule has 0 spiro atoms. The van der Waals surface area contributed by atoms with E-state index >= 15 is 0 Å². The normalized spacial score (nSPS) is 16.3. The number of thiazole rings is 1. The summed E-state index contributed by atoms with van der Waals surface area (Å²) in [6, 6.07) is 0. The molecule has 0 aromatic carbocycles. The fourth-order valence-electron chi connectivity index (χ4n) is 2.51. The average molecular weight is 288 g/mol. The lowest BCUT2D eigenvalue weighted by molar-refractivity contribution is 0.0684. The van der Waals surface area contributed by atoms with Crippen molar-refractivity contribution in [2.75, 3.05) is 13.1 Å². The first kappa shape index (κ1) is 13.2. The molecule has 0 aliphatic carbocycles. The highest BCUT2D eigenvalue weighted by atomic mass is 32.1. The maximum absolute atomic E-state index is 12.2. The van der Waals surface area contributed by atoms with Crippen molar-refractivity contribution in [3.8, 4) is 0 Å². The first-order valence-electron chi connectivity index (χ1n) is 6.76. The summed E-state index contributed by atoms with van der Waals surface area (Å²) in [5.74, 6) is 0.623. The fraction of sp³-hybridized carbons (Fsp3) is 0.429. The Morgan fingerprint density at radius 2 is 2.10 bits per heavy atom. The van der Waals surface area contributed by atoms with Crippen LogP contribution in [0.25, 0.3) is 0 Å². The Balaban J connectivity index is 1.55. The zero-order chi connectivity index (χ0) is 13.8. The van der Waals surface area contributed by atoms with Gasteiger partial charge in [-0.05, 0) is 18.8 Å². The number of piperidine rings is 1. The molecule has 1 aliphatic rings. The Hall–Kier alpha value is -1.82. The molecular formula is C14H16N4OS. The lowest BCUT2D eigenvalue weighted by Crippen LogP contribution is -2.39. The Bertz CT molecular complexity index is 550. The molecule has 0 atom stereocenters. The molecule has 1 fully saturated rings. The number of carbonyl (C=O) groups excluding carboxylic acids is 1. The summed E-state index contributed by atoms with van der Waals surface area (Å²) in [5, 5.41) is 3.21. The van der Waals surface area contributed by atoms with E-state index < -0.39 is 0 Å². The van der Waals surface area contributed by atoms with Gasteiger partial charge in [-0.1, -0.05) is 0 Å². The van der Waals surface area contributed by atoms with Crippen LogP contribution in [0.15, 0.2) is 30.2 Å². The summed E-state index contributed by atoms with van der Waals surface area (Å²) >= 11 is 1.71. The zero-order valence-electron chi connectivity index (χ0n) is 11.1. The molecule has 0 bridgehead atoms. The topological polar surface area (TPSA) is 59.0 Å². The van der Waals surface area contributed by atoms with Crippen molar-refractivity contribution in [1.29, 1.82) is 0 Å². The molecule has 20 heavy (non-hydrogen) atoms. The highest BCUT2D eigenvalue weighted by Crippen LogP contribution is 2.23. The molecule has 2 aromatic rings. The summed E-state index contributed by atoms with van der Waals surface area (Å²) in [6.07, 6.45) is 9.62. The second-order valence-electron chi connectivity index (χ2n) is 4.96. The molecule has 3 rings (SSSR count). The van der Waals surface area contributed by atoms with Gasteiger partial charge in [-0.2, -0.15) is 0 Å². The van der Waals surface area contributed by atoms with Crippen LogP contribution < -0.4 is 0 Å². The first-order chi connectivity index (χ1) is 9.83. The standard InChI is InChI=1S/C14H16N4OS/c19-14(12-10-15-3-4-16-12)18-6-1-11(2-7-18)9-13-17-5-8-20-13/h3-5,8,10-11H,1-2,6-7,9H2. The van der Waals surface area contributed by atoms with Crippen molar-refractivity contribution >= 4 is 17.2 Å². The van der Waals surface area contributed by atoms with E-state index in [1.165, 1.54) is 11.2 Å². The van der Waals surface area contributed by atoms with Crippen molar-refractivity contribution in [3.63, 3.8) is 0 Å². The number of nitrogens with zero attached hydrogens (tertiary/aromatic N) is 4. The minimum absolute atomic E-state index is 0.00852. The predicted molar refractivity (Wildman–Crippen MR) is 76.5 cm³/mol. The largest absolute Gasteiger partial charge is 0.337 e. The summed E-state index contributed by atoms with van der Waals surface area (Å²) in [5.41, 5.74) is 0.436. The lowest BCUT2D eigenvalue weighted by atomic mass is 9.93. The maximum Gasteiger partial charge on any atom is 0.274 e. The number of rotatable bonds is 3. The quantitative estimate of drug-likeness (QED) is 0.867. The number of hydrogen-bond donors (Lipinski definition) is 0. The summed E-state index contributed by atoms with van der Waals surface area (Å²) in [6.45, 7) is 1.59. The molecule has 0 saturated carbocycles. The molecule has 5 nitrogen and oxygen atoms in total. The van der Waals surface area contributed by atoms with Gasteiger partial charge < -0.3 is 4.90 Å². The minimum atomic E-state index is -0.00852. The summed E-state index contributed by atoms with van der Waals surface area (Å²) in [7, 11) is 0. The number of likely N-dealkylation sites (tertiary alicyclic amines) is 1. The molecule has 0 N–H and O–H groups in total. The monoisotopic (exact) mass is 288 g/mol. The molecule has 6 heteroatoms. The van der Waals surface area contributed by atoms with E-state index in [9.17, 15) is 4.79 Å². The molecule has 104 valence electrons. The van der Waals surface area contributed by atoms with Crippen LogP contribution in [-0.4, -0.2) is 38.8 Å². The van der Waals surface area contributed by atoms with Crippen molar-refractivity contribution < 1.29 is 4.79 Å². The van der Waals surface area contributed by atoms with Gasteiger partial charge in [-0.3, -0.25) is 9.78 Å². The molecule has 1 aliphatic heterocycles. The van der Waals surface area contributed by atoms with Gasteiger partial charge >= 0.3 is 0 Å². The van der Waals surface area contributed by atoms with Crippen LogP contribution in [0.5, 0.6) is 0 Å². The molecule has 0 unspecified atom stereocenters. The molecule has 1 saturated heterocycles.